The molecule has 0 aliphatic heterocycles. The van der Waals surface area contributed by atoms with E-state index in [1.54, 1.807) is 24.4 Å². The molecule has 1 aliphatic carbocycles. The van der Waals surface area contributed by atoms with Gasteiger partial charge in [0.05, 0.1) is 23.6 Å². The van der Waals surface area contributed by atoms with Crippen LogP contribution in [0.2, 0.25) is 0 Å². The van der Waals surface area contributed by atoms with Crippen LogP contribution in [0, 0.1) is 6.92 Å². The Hall–Kier alpha value is -3.23. The van der Waals surface area contributed by atoms with E-state index in [1.165, 1.54) is 4.31 Å². The van der Waals surface area contributed by atoms with Gasteiger partial charge in [0.25, 0.3) is 0 Å². The molecule has 2 aromatic carbocycles. The molecule has 2 unspecified atom stereocenters. The van der Waals surface area contributed by atoms with Crippen molar-refractivity contribution < 1.29 is 23.4 Å². The van der Waals surface area contributed by atoms with Gasteiger partial charge in [-0.2, -0.15) is 0 Å². The van der Waals surface area contributed by atoms with E-state index < -0.39 is 29.9 Å². The van der Waals surface area contributed by atoms with E-state index in [9.17, 15) is 13.6 Å². The molecule has 0 saturated carbocycles. The molecule has 1 aromatic heterocycles. The van der Waals surface area contributed by atoms with Gasteiger partial charge in [0.2, 0.25) is 0 Å². The molecule has 8 heteroatoms. The van der Waals surface area contributed by atoms with E-state index >= 15 is 0 Å². The van der Waals surface area contributed by atoms with Crippen LogP contribution in [-0.4, -0.2) is 31.4 Å². The molecule has 166 valence electrons. The van der Waals surface area contributed by atoms with Crippen molar-refractivity contribution in [1.29, 1.82) is 0 Å². The maximum atomic E-state index is 12.3. The summed E-state index contributed by atoms with van der Waals surface area (Å²) >= 11 is -2.52. The number of carboxylic acids is 1. The van der Waals surface area contributed by atoms with Crippen LogP contribution in [0.25, 0.3) is 11.3 Å². The maximum absolute atomic E-state index is 12.3. The third-order valence-corrected chi connectivity index (χ3v) is 6.33. The van der Waals surface area contributed by atoms with Crippen LogP contribution in [0.15, 0.2) is 60.8 Å². The average Bonchev–Trinajstić information content (AvgIpc) is 2.78. The summed E-state index contributed by atoms with van der Waals surface area (Å²) in [5, 5.41) is 8.94. The third-order valence-electron chi connectivity index (χ3n) is 5.54. The smallest absolute Gasteiger partial charge is 0.341 e. The van der Waals surface area contributed by atoms with E-state index in [1.807, 2.05) is 43.3 Å². The summed E-state index contributed by atoms with van der Waals surface area (Å²) in [5.74, 6) is -0.573. The Labute approximate surface area is 189 Å². The summed E-state index contributed by atoms with van der Waals surface area (Å²) in [6.45, 7) is 1.57. The molecule has 0 bridgehead atoms. The van der Waals surface area contributed by atoms with E-state index in [2.05, 4.69) is 4.98 Å². The number of fused-ring (bicyclic) bond motifs is 1. The van der Waals surface area contributed by atoms with Crippen LogP contribution in [0.5, 0.6) is 5.75 Å². The second-order valence-corrected chi connectivity index (χ2v) is 8.56. The zero-order valence-corrected chi connectivity index (χ0v) is 18.4. The van der Waals surface area contributed by atoms with Gasteiger partial charge in [0, 0.05) is 16.8 Å². The van der Waals surface area contributed by atoms with Crippen LogP contribution < -0.4 is 9.04 Å². The number of ether oxygens (including phenoxy) is 1. The first kappa shape index (κ1) is 22.0. The molecule has 0 fully saturated rings. The van der Waals surface area contributed by atoms with Crippen molar-refractivity contribution in [1.82, 2.24) is 4.98 Å². The lowest BCUT2D eigenvalue weighted by Gasteiger charge is -2.38. The quantitative estimate of drug-likeness (QED) is 0.540. The second-order valence-electron chi connectivity index (χ2n) is 7.73. The van der Waals surface area contributed by atoms with Gasteiger partial charge in [0.1, 0.15) is 5.75 Å². The predicted molar refractivity (Wildman–Crippen MR) is 121 cm³/mol. The van der Waals surface area contributed by atoms with Crippen LogP contribution in [0.3, 0.4) is 0 Å². The number of carboxylic acid groups (broad SMARTS) is 1. The largest absolute Gasteiger partial charge is 0.755 e. The highest BCUT2D eigenvalue weighted by atomic mass is 32.2. The van der Waals surface area contributed by atoms with Crippen molar-refractivity contribution in [3.8, 4) is 17.0 Å². The maximum Gasteiger partial charge on any atom is 0.341 e. The molecule has 2 atom stereocenters. The fraction of sp³-hybridized carbons (Fsp3) is 0.250. The zero-order valence-electron chi connectivity index (χ0n) is 17.6. The van der Waals surface area contributed by atoms with Gasteiger partial charge in [-0.3, -0.25) is 13.5 Å². The lowest BCUT2D eigenvalue weighted by molar-refractivity contribution is -0.139. The molecule has 0 spiro atoms. The highest BCUT2D eigenvalue weighted by molar-refractivity contribution is 7.80. The van der Waals surface area contributed by atoms with Crippen molar-refractivity contribution in [2.75, 3.05) is 10.9 Å². The molecular formula is C24H23N2O5S-. The van der Waals surface area contributed by atoms with Crippen LogP contribution in [-0.2, 0) is 22.5 Å². The number of aromatic nitrogens is 1. The van der Waals surface area contributed by atoms with Crippen LogP contribution >= 0.6 is 0 Å². The molecule has 1 N–H and O–H groups in total. The topological polar surface area (TPSA) is 103 Å². The fourth-order valence-electron chi connectivity index (χ4n) is 4.17. The Balaban J connectivity index is 1.67. The standard InChI is InChI=1S/C24H24N2O5S/c1-16-5-2-6-17(13-16)21-12-11-18(14-25-21)26(32(29)30)22-9-3-8-20-19(22)7-4-10-23(20)31-15-24(27)28/h2,4-7,10-14,22H,3,8-9,15H2,1H3,(H,27,28)(H,29,30)/p-1. The molecule has 0 saturated heterocycles. The van der Waals surface area contributed by atoms with Gasteiger partial charge in [-0.1, -0.05) is 35.9 Å². The number of hydrogen-bond acceptors (Lipinski definition) is 5. The molecule has 1 aliphatic rings. The Morgan fingerprint density at radius 3 is 2.75 bits per heavy atom. The minimum atomic E-state index is -2.52. The average molecular weight is 452 g/mol. The van der Waals surface area contributed by atoms with Gasteiger partial charge < -0.3 is 14.4 Å². The normalized spacial score (nSPS) is 16.1. The Kier molecular flexibility index (Phi) is 6.53. The van der Waals surface area contributed by atoms with Crippen molar-refractivity contribution in [2.24, 2.45) is 0 Å². The van der Waals surface area contributed by atoms with Crippen LogP contribution in [0.1, 0.15) is 35.6 Å². The number of hydrogen-bond donors (Lipinski definition) is 1. The number of carbonyl (C=O) groups is 1. The molecular weight excluding hydrogens is 428 g/mol. The molecule has 32 heavy (non-hydrogen) atoms. The minimum absolute atomic E-state index is 0.419. The van der Waals surface area contributed by atoms with Gasteiger partial charge in [-0.25, -0.2) is 4.79 Å². The zero-order chi connectivity index (χ0) is 22.7. The van der Waals surface area contributed by atoms with E-state index in [0.717, 1.165) is 34.4 Å². The van der Waals surface area contributed by atoms with Gasteiger partial charge in [-0.05, 0) is 61.6 Å². The first-order valence-electron chi connectivity index (χ1n) is 10.3. The van der Waals surface area contributed by atoms with Crippen molar-refractivity contribution >= 4 is 22.9 Å². The highest BCUT2D eigenvalue weighted by Gasteiger charge is 2.29. The number of nitrogens with zero attached hydrogens (tertiary/aromatic N) is 2. The van der Waals surface area contributed by atoms with Crippen molar-refractivity contribution in [3.63, 3.8) is 0 Å². The summed E-state index contributed by atoms with van der Waals surface area (Å²) in [6.07, 6.45) is 3.68. The number of benzene rings is 2. The third kappa shape index (κ3) is 4.66. The predicted octanol–water partition coefficient (Wildman–Crippen LogP) is 4.20. The SMILES string of the molecule is Cc1cccc(-c2ccc(N(C3CCCc4c(OCC(=O)O)cccc43)S(=O)[O-])cn2)c1. The lowest BCUT2D eigenvalue weighted by Crippen LogP contribution is -2.33. The van der Waals surface area contributed by atoms with E-state index in [0.29, 0.717) is 24.3 Å². The van der Waals surface area contributed by atoms with Gasteiger partial charge in [-0.15, -0.1) is 0 Å². The van der Waals surface area contributed by atoms with Crippen molar-refractivity contribution in [3.05, 3.63) is 77.5 Å². The lowest BCUT2D eigenvalue weighted by atomic mass is 9.87. The molecule has 4 rings (SSSR count). The number of aliphatic carboxylic acids is 1. The first-order chi connectivity index (χ1) is 15.4. The summed E-state index contributed by atoms with van der Waals surface area (Å²) in [5.41, 5.74) is 5.01. The first-order valence-corrected chi connectivity index (χ1v) is 11.4. The number of pyridine rings is 1. The molecule has 1 heterocycles. The van der Waals surface area contributed by atoms with Crippen LogP contribution in [0.4, 0.5) is 5.69 Å². The van der Waals surface area contributed by atoms with Gasteiger partial charge >= 0.3 is 5.97 Å². The number of rotatable bonds is 7. The van der Waals surface area contributed by atoms with Gasteiger partial charge in [0.15, 0.2) is 6.61 Å². The van der Waals surface area contributed by atoms with E-state index in [-0.39, 0.29) is 0 Å². The van der Waals surface area contributed by atoms with E-state index in [4.69, 9.17) is 9.84 Å². The Morgan fingerprint density at radius 2 is 2.06 bits per heavy atom. The van der Waals surface area contributed by atoms with Crippen molar-refractivity contribution in [2.45, 2.75) is 32.2 Å². The Bertz CT molecular complexity index is 1150. The summed E-state index contributed by atoms with van der Waals surface area (Å²) in [6, 6.07) is 16.5. The Morgan fingerprint density at radius 1 is 1.25 bits per heavy atom. The highest BCUT2D eigenvalue weighted by Crippen LogP contribution is 2.41. The molecule has 3 aromatic rings. The number of aryl methyl sites for hydroxylation is 1. The molecule has 0 amide bonds. The second kappa shape index (κ2) is 9.50. The number of anilines is 1. The summed E-state index contributed by atoms with van der Waals surface area (Å²) in [4.78, 5) is 15.4. The molecule has 7 nitrogen and oxygen atoms in total. The molecule has 0 radical (unpaired) electrons. The summed E-state index contributed by atoms with van der Waals surface area (Å²) in [7, 11) is 0. The summed E-state index contributed by atoms with van der Waals surface area (Å²) < 4.78 is 31.4. The fourth-order valence-corrected chi connectivity index (χ4v) is 4.88. The minimum Gasteiger partial charge on any atom is -0.755 e. The monoisotopic (exact) mass is 451 g/mol.